The Hall–Kier alpha value is -1.65. The van der Waals surface area contributed by atoms with Crippen LogP contribution in [0.3, 0.4) is 0 Å². The van der Waals surface area contributed by atoms with Gasteiger partial charge in [0.2, 0.25) is 0 Å². The molecule has 22 heavy (non-hydrogen) atoms. The number of hydrogen-bond donors (Lipinski definition) is 0. The second-order valence-electron chi connectivity index (χ2n) is 5.51. The third-order valence-corrected chi connectivity index (χ3v) is 4.37. The fourth-order valence-corrected chi connectivity index (χ4v) is 2.81. The van der Waals surface area contributed by atoms with Crippen molar-refractivity contribution in [2.75, 3.05) is 26.2 Å². The number of hydrogen-bond acceptors (Lipinski definition) is 3. The van der Waals surface area contributed by atoms with Gasteiger partial charge in [-0.15, -0.1) is 0 Å². The molecule has 1 saturated heterocycles. The third-order valence-electron chi connectivity index (χ3n) is 3.84. The van der Waals surface area contributed by atoms with Gasteiger partial charge >= 0.3 is 0 Å². The normalized spacial score (nSPS) is 16.3. The molecule has 0 radical (unpaired) electrons. The lowest BCUT2D eigenvalue weighted by molar-refractivity contribution is 0.131. The molecule has 1 aliphatic rings. The number of nitrogens with zero attached hydrogens (tertiary/aromatic N) is 3. The Morgan fingerprint density at radius 2 is 1.59 bits per heavy atom. The van der Waals surface area contributed by atoms with E-state index in [9.17, 15) is 0 Å². The summed E-state index contributed by atoms with van der Waals surface area (Å²) in [6.45, 7) is 5.13. The quantitative estimate of drug-likeness (QED) is 0.778. The molecule has 1 fully saturated rings. The Morgan fingerprint density at radius 3 is 2.27 bits per heavy atom. The maximum absolute atomic E-state index is 4.59. The van der Waals surface area contributed by atoms with Crippen molar-refractivity contribution in [2.24, 2.45) is 5.10 Å². The van der Waals surface area contributed by atoms with Crippen LogP contribution in [0.1, 0.15) is 11.1 Å². The molecule has 0 atom stereocenters. The minimum absolute atomic E-state index is 0.986. The Bertz CT molecular complexity index is 602. The van der Waals surface area contributed by atoms with E-state index in [4.69, 9.17) is 0 Å². The molecule has 0 bridgehead atoms. The van der Waals surface area contributed by atoms with Crippen LogP contribution in [0.25, 0.3) is 0 Å². The molecular weight excluding hydrogens is 338 g/mol. The van der Waals surface area contributed by atoms with Crippen LogP contribution in [0.5, 0.6) is 0 Å². The topological polar surface area (TPSA) is 18.8 Å². The highest BCUT2D eigenvalue weighted by atomic mass is 79.9. The van der Waals surface area contributed by atoms with Gasteiger partial charge in [-0.3, -0.25) is 9.91 Å². The van der Waals surface area contributed by atoms with Crippen LogP contribution in [0, 0.1) is 0 Å². The van der Waals surface area contributed by atoms with E-state index in [-0.39, 0.29) is 0 Å². The number of piperazine rings is 1. The average molecular weight is 358 g/mol. The summed E-state index contributed by atoms with van der Waals surface area (Å²) in [6, 6.07) is 18.9. The molecule has 0 aliphatic carbocycles. The van der Waals surface area contributed by atoms with E-state index in [0.717, 1.165) is 42.8 Å². The van der Waals surface area contributed by atoms with Crippen LogP contribution in [0.15, 0.2) is 64.2 Å². The average Bonchev–Trinajstić information content (AvgIpc) is 2.57. The number of rotatable bonds is 4. The fourth-order valence-electron chi connectivity index (χ4n) is 2.55. The van der Waals surface area contributed by atoms with E-state index in [1.807, 2.05) is 18.3 Å². The van der Waals surface area contributed by atoms with Crippen molar-refractivity contribution in [2.45, 2.75) is 6.54 Å². The van der Waals surface area contributed by atoms with Crippen LogP contribution in [-0.2, 0) is 6.54 Å². The number of halogens is 1. The second-order valence-corrected chi connectivity index (χ2v) is 6.43. The molecule has 0 unspecified atom stereocenters. The van der Waals surface area contributed by atoms with Crippen LogP contribution < -0.4 is 0 Å². The van der Waals surface area contributed by atoms with Crippen LogP contribution in [0.4, 0.5) is 0 Å². The summed E-state index contributed by atoms with van der Waals surface area (Å²) in [6.07, 6.45) is 1.94. The first-order valence-corrected chi connectivity index (χ1v) is 8.40. The first kappa shape index (κ1) is 15.3. The molecule has 4 heteroatoms. The molecular formula is C18H20BrN3. The summed E-state index contributed by atoms with van der Waals surface area (Å²) < 4.78 is 1.10. The maximum atomic E-state index is 4.59. The highest BCUT2D eigenvalue weighted by Crippen LogP contribution is 2.11. The lowest BCUT2D eigenvalue weighted by Gasteiger charge is -2.33. The minimum atomic E-state index is 0.986. The van der Waals surface area contributed by atoms with Gasteiger partial charge in [-0.1, -0.05) is 58.4 Å². The first-order valence-electron chi connectivity index (χ1n) is 7.60. The summed E-state index contributed by atoms with van der Waals surface area (Å²) in [5.74, 6) is 0. The van der Waals surface area contributed by atoms with Gasteiger partial charge in [0, 0.05) is 37.2 Å². The third kappa shape index (κ3) is 4.42. The number of hydrazone groups is 1. The lowest BCUT2D eigenvalue weighted by atomic mass is 10.2. The summed E-state index contributed by atoms with van der Waals surface area (Å²) in [5, 5.41) is 6.75. The van der Waals surface area contributed by atoms with Crippen molar-refractivity contribution in [3.63, 3.8) is 0 Å². The monoisotopic (exact) mass is 357 g/mol. The zero-order valence-corrected chi connectivity index (χ0v) is 14.1. The van der Waals surface area contributed by atoms with Gasteiger partial charge in [-0.2, -0.15) is 5.10 Å². The Labute approximate surface area is 140 Å². The van der Waals surface area contributed by atoms with E-state index < -0.39 is 0 Å². The van der Waals surface area contributed by atoms with Crippen molar-refractivity contribution >= 4 is 22.1 Å². The van der Waals surface area contributed by atoms with Crippen LogP contribution in [0.2, 0.25) is 0 Å². The zero-order chi connectivity index (χ0) is 15.2. The van der Waals surface area contributed by atoms with Crippen molar-refractivity contribution in [1.82, 2.24) is 9.91 Å². The largest absolute Gasteiger partial charge is 0.295 e. The van der Waals surface area contributed by atoms with Gasteiger partial charge in [-0.05, 0) is 23.3 Å². The summed E-state index contributed by atoms with van der Waals surface area (Å²) in [7, 11) is 0. The van der Waals surface area contributed by atoms with Crippen molar-refractivity contribution in [3.05, 3.63) is 70.2 Å². The van der Waals surface area contributed by atoms with Gasteiger partial charge in [0.15, 0.2) is 0 Å². The van der Waals surface area contributed by atoms with E-state index >= 15 is 0 Å². The first-order chi connectivity index (χ1) is 10.8. The van der Waals surface area contributed by atoms with E-state index in [1.165, 1.54) is 5.56 Å². The molecule has 2 aromatic rings. The highest BCUT2D eigenvalue weighted by Gasteiger charge is 2.15. The smallest absolute Gasteiger partial charge is 0.0542 e. The second kappa shape index (κ2) is 7.56. The van der Waals surface area contributed by atoms with E-state index in [0.29, 0.717) is 0 Å². The van der Waals surface area contributed by atoms with Crippen LogP contribution >= 0.6 is 15.9 Å². The van der Waals surface area contributed by atoms with Crippen molar-refractivity contribution < 1.29 is 0 Å². The molecule has 3 rings (SSSR count). The van der Waals surface area contributed by atoms with Gasteiger partial charge in [0.05, 0.1) is 6.21 Å². The van der Waals surface area contributed by atoms with Crippen molar-refractivity contribution in [3.8, 4) is 0 Å². The van der Waals surface area contributed by atoms with Gasteiger partial charge in [0.1, 0.15) is 0 Å². The summed E-state index contributed by atoms with van der Waals surface area (Å²) in [5.41, 5.74) is 2.52. The fraction of sp³-hybridized carbons (Fsp3) is 0.278. The minimum Gasteiger partial charge on any atom is -0.295 e. The molecule has 0 N–H and O–H groups in total. The zero-order valence-electron chi connectivity index (χ0n) is 12.5. The van der Waals surface area contributed by atoms with Gasteiger partial charge in [-0.25, -0.2) is 0 Å². The predicted octanol–water partition coefficient (Wildman–Crippen LogP) is 3.60. The Balaban J connectivity index is 1.48. The molecule has 2 aromatic carbocycles. The lowest BCUT2D eigenvalue weighted by Crippen LogP contribution is -2.43. The van der Waals surface area contributed by atoms with Gasteiger partial charge in [0.25, 0.3) is 0 Å². The Morgan fingerprint density at radius 1 is 0.909 bits per heavy atom. The van der Waals surface area contributed by atoms with Gasteiger partial charge < -0.3 is 0 Å². The molecule has 0 aromatic heterocycles. The summed E-state index contributed by atoms with van der Waals surface area (Å²) in [4.78, 5) is 2.49. The van der Waals surface area contributed by atoms with Crippen LogP contribution in [-0.4, -0.2) is 42.3 Å². The molecule has 1 heterocycles. The van der Waals surface area contributed by atoms with Crippen molar-refractivity contribution in [1.29, 1.82) is 0 Å². The Kier molecular flexibility index (Phi) is 5.24. The molecule has 3 nitrogen and oxygen atoms in total. The standard InChI is InChI=1S/C18H20BrN3/c19-18-8-6-16(7-9-18)14-20-22-12-10-21(11-13-22)15-17-4-2-1-3-5-17/h1-9,14H,10-13,15H2. The van der Waals surface area contributed by atoms with E-state index in [2.05, 4.69) is 73.4 Å². The number of benzene rings is 2. The molecule has 0 saturated carbocycles. The molecule has 114 valence electrons. The maximum Gasteiger partial charge on any atom is 0.0542 e. The SMILES string of the molecule is Brc1ccc(C=NN2CCN(Cc3ccccc3)CC2)cc1. The summed E-state index contributed by atoms with van der Waals surface area (Å²) >= 11 is 3.45. The highest BCUT2D eigenvalue weighted by molar-refractivity contribution is 9.10. The molecule has 1 aliphatic heterocycles. The van der Waals surface area contributed by atoms with E-state index in [1.54, 1.807) is 0 Å². The predicted molar refractivity (Wildman–Crippen MR) is 95.0 cm³/mol. The molecule has 0 spiro atoms. The molecule has 0 amide bonds.